The molecule has 4 nitrogen and oxygen atoms in total. The summed E-state index contributed by atoms with van der Waals surface area (Å²) in [6.45, 7) is 2.99. The van der Waals surface area contributed by atoms with Gasteiger partial charge in [0.15, 0.2) is 0 Å². The molecule has 1 aromatic carbocycles. The molecule has 0 amide bonds. The zero-order valence-electron chi connectivity index (χ0n) is 14.5. The molecule has 1 aliphatic heterocycles. The first kappa shape index (κ1) is 16.3. The van der Waals surface area contributed by atoms with Crippen LogP contribution in [0, 0.1) is 5.92 Å². The quantitative estimate of drug-likeness (QED) is 0.779. The molecule has 2 aromatic heterocycles. The van der Waals surface area contributed by atoms with Crippen molar-refractivity contribution < 1.29 is 5.11 Å². The minimum absolute atomic E-state index is 0.237. The third-order valence-electron chi connectivity index (χ3n) is 5.35. The predicted molar refractivity (Wildman–Crippen MR) is 99.3 cm³/mol. The molecule has 1 N–H and O–H groups in total. The molecule has 4 heteroatoms. The smallest absolute Gasteiger partial charge is 0.0665 e. The molecule has 1 aliphatic rings. The van der Waals surface area contributed by atoms with Gasteiger partial charge in [-0.1, -0.05) is 36.4 Å². The van der Waals surface area contributed by atoms with Crippen LogP contribution in [0.2, 0.25) is 0 Å². The van der Waals surface area contributed by atoms with E-state index in [0.717, 1.165) is 44.4 Å². The number of likely N-dealkylation sites (tertiary alicyclic amines) is 1. The monoisotopic (exact) mass is 335 g/mol. The van der Waals surface area contributed by atoms with Crippen molar-refractivity contribution in [3.05, 3.63) is 72.1 Å². The topological polar surface area (TPSA) is 40.8 Å². The normalized spacial score (nSPS) is 17.8. The van der Waals surface area contributed by atoms with Crippen LogP contribution in [0.3, 0.4) is 0 Å². The second-order valence-electron chi connectivity index (χ2n) is 7.06. The number of nitrogens with zero attached hydrogens (tertiary/aromatic N) is 3. The molecule has 1 atom stereocenters. The molecule has 0 bridgehead atoms. The Balaban J connectivity index is 1.33. The van der Waals surface area contributed by atoms with Gasteiger partial charge in [0, 0.05) is 12.7 Å². The molecular weight excluding hydrogens is 310 g/mol. The molecule has 4 rings (SSSR count). The van der Waals surface area contributed by atoms with Gasteiger partial charge in [-0.3, -0.25) is 4.90 Å². The predicted octanol–water partition coefficient (Wildman–Crippen LogP) is 3.15. The van der Waals surface area contributed by atoms with E-state index in [4.69, 9.17) is 0 Å². The van der Waals surface area contributed by atoms with Crippen molar-refractivity contribution in [1.82, 2.24) is 14.5 Å². The van der Waals surface area contributed by atoms with Crippen LogP contribution in [0.4, 0.5) is 0 Å². The number of hydrogen-bond donors (Lipinski definition) is 1. The average Bonchev–Trinajstić information content (AvgIpc) is 3.13. The van der Waals surface area contributed by atoms with Crippen LogP contribution in [-0.2, 0) is 13.0 Å². The van der Waals surface area contributed by atoms with Crippen molar-refractivity contribution in [3.8, 4) is 0 Å². The fourth-order valence-corrected chi connectivity index (χ4v) is 3.88. The van der Waals surface area contributed by atoms with Gasteiger partial charge in [-0.05, 0) is 62.0 Å². The third-order valence-corrected chi connectivity index (χ3v) is 5.35. The van der Waals surface area contributed by atoms with Crippen LogP contribution < -0.4 is 0 Å². The number of fused-ring (bicyclic) bond motifs is 1. The number of aliphatic hydroxyl groups excluding tert-OH is 1. The van der Waals surface area contributed by atoms with Gasteiger partial charge in [-0.2, -0.15) is 5.10 Å². The summed E-state index contributed by atoms with van der Waals surface area (Å²) < 4.78 is 2.02. The SMILES string of the molecule is OC(Cc1ccccc1)C1CCN(Cc2cccc3ccnn23)CC1. The summed E-state index contributed by atoms with van der Waals surface area (Å²) >= 11 is 0. The number of hydrogen-bond acceptors (Lipinski definition) is 3. The molecule has 0 aliphatic carbocycles. The van der Waals surface area contributed by atoms with Gasteiger partial charge in [0.2, 0.25) is 0 Å². The van der Waals surface area contributed by atoms with Crippen molar-refractivity contribution in [2.24, 2.45) is 5.92 Å². The van der Waals surface area contributed by atoms with Gasteiger partial charge >= 0.3 is 0 Å². The maximum absolute atomic E-state index is 10.6. The van der Waals surface area contributed by atoms with Gasteiger partial charge in [0.05, 0.1) is 17.3 Å². The van der Waals surface area contributed by atoms with E-state index in [-0.39, 0.29) is 6.10 Å². The van der Waals surface area contributed by atoms with Gasteiger partial charge < -0.3 is 5.11 Å². The summed E-state index contributed by atoms with van der Waals surface area (Å²) in [4.78, 5) is 2.47. The second-order valence-corrected chi connectivity index (χ2v) is 7.06. The first-order valence-corrected chi connectivity index (χ1v) is 9.15. The number of benzene rings is 1. The number of pyridine rings is 1. The van der Waals surface area contributed by atoms with Crippen molar-refractivity contribution in [3.63, 3.8) is 0 Å². The first-order valence-electron chi connectivity index (χ1n) is 9.15. The fourth-order valence-electron chi connectivity index (χ4n) is 3.88. The molecule has 25 heavy (non-hydrogen) atoms. The lowest BCUT2D eigenvalue weighted by Crippen LogP contribution is -2.38. The van der Waals surface area contributed by atoms with Crippen molar-refractivity contribution in [2.45, 2.75) is 31.9 Å². The molecular formula is C21H25N3O. The van der Waals surface area contributed by atoms with E-state index in [1.54, 1.807) is 0 Å². The zero-order valence-corrected chi connectivity index (χ0v) is 14.5. The maximum Gasteiger partial charge on any atom is 0.0665 e. The highest BCUT2D eigenvalue weighted by atomic mass is 16.3. The Morgan fingerprint density at radius 3 is 2.60 bits per heavy atom. The van der Waals surface area contributed by atoms with E-state index in [1.165, 1.54) is 11.3 Å². The van der Waals surface area contributed by atoms with Crippen molar-refractivity contribution in [2.75, 3.05) is 13.1 Å². The van der Waals surface area contributed by atoms with E-state index in [1.807, 2.05) is 35.0 Å². The molecule has 3 heterocycles. The van der Waals surface area contributed by atoms with Gasteiger partial charge in [-0.15, -0.1) is 0 Å². The Kier molecular flexibility index (Phi) is 4.81. The number of rotatable bonds is 5. The Labute approximate surface area is 148 Å². The van der Waals surface area contributed by atoms with E-state index in [9.17, 15) is 5.11 Å². The Morgan fingerprint density at radius 2 is 1.80 bits per heavy atom. The van der Waals surface area contributed by atoms with E-state index < -0.39 is 0 Å². The minimum Gasteiger partial charge on any atom is -0.392 e. The highest BCUT2D eigenvalue weighted by Gasteiger charge is 2.25. The average molecular weight is 335 g/mol. The zero-order chi connectivity index (χ0) is 17.1. The van der Waals surface area contributed by atoms with E-state index in [2.05, 4.69) is 40.3 Å². The maximum atomic E-state index is 10.6. The van der Waals surface area contributed by atoms with E-state index in [0.29, 0.717) is 5.92 Å². The summed E-state index contributed by atoms with van der Waals surface area (Å²) in [6.07, 6.45) is 4.49. The van der Waals surface area contributed by atoms with Crippen molar-refractivity contribution in [1.29, 1.82) is 0 Å². The fraction of sp³-hybridized carbons (Fsp3) is 0.381. The standard InChI is InChI=1S/C21H25N3O/c25-21(15-17-5-2-1-3-6-17)18-10-13-23(14-11-18)16-20-8-4-7-19-9-12-22-24(19)20/h1-9,12,18,21,25H,10-11,13-16H2. The van der Waals surface area contributed by atoms with Crippen LogP contribution in [0.1, 0.15) is 24.1 Å². The van der Waals surface area contributed by atoms with Crippen LogP contribution >= 0.6 is 0 Å². The Morgan fingerprint density at radius 1 is 1.00 bits per heavy atom. The first-order chi connectivity index (χ1) is 12.3. The summed E-state index contributed by atoms with van der Waals surface area (Å²) in [5, 5.41) is 15.0. The lowest BCUT2D eigenvalue weighted by atomic mass is 9.88. The van der Waals surface area contributed by atoms with Crippen LogP contribution in [0.15, 0.2) is 60.8 Å². The Bertz CT molecular complexity index is 806. The van der Waals surface area contributed by atoms with Crippen LogP contribution in [-0.4, -0.2) is 38.8 Å². The molecule has 0 saturated carbocycles. The molecule has 130 valence electrons. The summed E-state index contributed by atoms with van der Waals surface area (Å²) in [5.41, 5.74) is 3.60. The molecule has 1 saturated heterocycles. The molecule has 1 fully saturated rings. The molecule has 0 spiro atoms. The largest absolute Gasteiger partial charge is 0.392 e. The second kappa shape index (κ2) is 7.38. The van der Waals surface area contributed by atoms with Gasteiger partial charge in [-0.25, -0.2) is 4.52 Å². The lowest BCUT2D eigenvalue weighted by molar-refractivity contribution is 0.0571. The molecule has 1 unspecified atom stereocenters. The number of aromatic nitrogens is 2. The highest BCUT2D eigenvalue weighted by molar-refractivity contribution is 5.46. The highest BCUT2D eigenvalue weighted by Crippen LogP contribution is 2.24. The summed E-state index contributed by atoms with van der Waals surface area (Å²) in [6, 6.07) is 18.7. The van der Waals surface area contributed by atoms with E-state index >= 15 is 0 Å². The Hall–Kier alpha value is -2.17. The molecule has 0 radical (unpaired) electrons. The van der Waals surface area contributed by atoms with Crippen LogP contribution in [0.5, 0.6) is 0 Å². The summed E-state index contributed by atoms with van der Waals surface area (Å²) in [7, 11) is 0. The third kappa shape index (κ3) is 3.75. The summed E-state index contributed by atoms with van der Waals surface area (Å²) in [5.74, 6) is 0.400. The number of piperidine rings is 1. The van der Waals surface area contributed by atoms with Crippen molar-refractivity contribution >= 4 is 5.52 Å². The number of aliphatic hydroxyl groups is 1. The van der Waals surface area contributed by atoms with Crippen LogP contribution in [0.25, 0.3) is 5.52 Å². The van der Waals surface area contributed by atoms with Gasteiger partial charge in [0.25, 0.3) is 0 Å². The van der Waals surface area contributed by atoms with Gasteiger partial charge in [0.1, 0.15) is 0 Å². The molecule has 3 aromatic rings. The lowest BCUT2D eigenvalue weighted by Gasteiger charge is -2.34. The minimum atomic E-state index is -0.237.